The van der Waals surface area contributed by atoms with Gasteiger partial charge in [0.25, 0.3) is 11.8 Å². The summed E-state index contributed by atoms with van der Waals surface area (Å²) < 4.78 is 90.0. The van der Waals surface area contributed by atoms with Crippen LogP contribution in [0.25, 0.3) is 21.8 Å². The zero-order valence-electron chi connectivity index (χ0n) is 36.6. The molecule has 0 bridgehead atoms. The zero-order valence-corrected chi connectivity index (χ0v) is 38.3. The smallest absolute Gasteiger partial charge is 0.363 e. The molecule has 5 rings (SSSR count). The van der Waals surface area contributed by atoms with Crippen LogP contribution in [-0.2, 0) is 41.2 Å². The first-order chi connectivity index (χ1) is 29.4. The quantitative estimate of drug-likeness (QED) is 0.0169. The van der Waals surface area contributed by atoms with Gasteiger partial charge in [0, 0.05) is 49.3 Å². The van der Waals surface area contributed by atoms with Gasteiger partial charge in [-0.3, -0.25) is 18.6 Å². The normalized spacial score (nSPS) is 13.8. The average molecular weight is 916 g/mol. The zero-order chi connectivity index (χ0) is 46.5. The Morgan fingerprint density at radius 2 is 1.19 bits per heavy atom. The number of aromatic nitrogens is 1. The summed E-state index contributed by atoms with van der Waals surface area (Å²) in [5, 5.41) is 1.15. The van der Waals surface area contributed by atoms with Crippen LogP contribution in [0.15, 0.2) is 48.5 Å². The highest BCUT2D eigenvalue weighted by molar-refractivity contribution is 7.85. The van der Waals surface area contributed by atoms with E-state index in [0.29, 0.717) is 67.3 Å². The van der Waals surface area contributed by atoms with Gasteiger partial charge >= 0.3 is 11.9 Å². The third-order valence-corrected chi connectivity index (χ3v) is 12.1. The molecule has 1 aromatic heterocycles. The Labute approximate surface area is 367 Å². The molecule has 2 heterocycles. The second kappa shape index (κ2) is 19.6. The number of pyridine rings is 1. The fourth-order valence-corrected chi connectivity index (χ4v) is 8.23. The highest BCUT2D eigenvalue weighted by Gasteiger charge is 2.34. The summed E-state index contributed by atoms with van der Waals surface area (Å²) in [7, 11) is -1.27. The highest BCUT2D eigenvalue weighted by atomic mass is 32.2. The van der Waals surface area contributed by atoms with Crippen molar-refractivity contribution in [2.45, 2.75) is 65.8 Å². The Kier molecular flexibility index (Phi) is 15.2. The molecule has 20 heteroatoms. The van der Waals surface area contributed by atoms with Crippen molar-refractivity contribution in [3.63, 3.8) is 0 Å². The predicted molar refractivity (Wildman–Crippen MR) is 227 cm³/mol. The Morgan fingerprint density at radius 1 is 0.714 bits per heavy atom. The molecule has 0 saturated carbocycles. The van der Waals surface area contributed by atoms with Gasteiger partial charge in [-0.15, -0.1) is 5.06 Å². The van der Waals surface area contributed by atoms with Crippen LogP contribution < -0.4 is 18.8 Å². The number of imide groups is 1. The van der Waals surface area contributed by atoms with Gasteiger partial charge in [-0.05, 0) is 67.8 Å². The number of rotatable bonds is 21. The number of benzene rings is 3. The maximum absolute atomic E-state index is 14.8. The number of hydroxylamine groups is 2. The van der Waals surface area contributed by atoms with Gasteiger partial charge in [-0.25, -0.2) is 26.4 Å². The molecule has 0 spiro atoms. The standard InChI is InChI=1S/C43H55N4O14S2/c1-8-9-19-46(4,5)27-58-32-12-14-36-34(25-32)40(43(51)60-41-29(2)23-31(24-30(41)3)42(50)61-45-38(48)16-17-39(45)49)35-26-33(59-28-47(6,7)20-11-22-63(55,56)57)13-15-37(35)44(36)18-10-21-62(52,53)54/h12-15,23-26H,8-11,16-22,27-28H2,1-7H3/q+1. The van der Waals surface area contributed by atoms with Gasteiger partial charge in [0.05, 0.1) is 83.4 Å². The summed E-state index contributed by atoms with van der Waals surface area (Å²) in [5.74, 6) is -3.31. The molecule has 0 N–H and O–H groups in total. The molecule has 1 fully saturated rings. The molecule has 1 saturated heterocycles. The number of hydrogen-bond acceptors (Lipinski definition) is 14. The largest absolute Gasteiger partial charge is 0.748 e. The van der Waals surface area contributed by atoms with E-state index >= 15 is 0 Å². The first-order valence-electron chi connectivity index (χ1n) is 20.5. The summed E-state index contributed by atoms with van der Waals surface area (Å²) in [6.45, 7) is 6.92. The number of carbonyl (C=O) groups is 4. The lowest BCUT2D eigenvalue weighted by Gasteiger charge is -2.29. The predicted octanol–water partition coefficient (Wildman–Crippen LogP) is 3.83. The Hall–Kier alpha value is -5.25. The lowest BCUT2D eigenvalue weighted by molar-refractivity contribution is -0.905. The minimum Gasteiger partial charge on any atom is -0.748 e. The van der Waals surface area contributed by atoms with Crippen molar-refractivity contribution >= 4 is 65.8 Å². The molecule has 18 nitrogen and oxygen atoms in total. The topological polar surface area (TPSA) is 227 Å². The van der Waals surface area contributed by atoms with Gasteiger partial charge in [0.1, 0.15) is 17.2 Å². The van der Waals surface area contributed by atoms with E-state index in [0.717, 1.165) is 19.4 Å². The van der Waals surface area contributed by atoms with Crippen LogP contribution in [-0.4, -0.2) is 130 Å². The van der Waals surface area contributed by atoms with Crippen LogP contribution in [0.1, 0.15) is 77.3 Å². The van der Waals surface area contributed by atoms with Crippen LogP contribution in [0.5, 0.6) is 17.2 Å². The van der Waals surface area contributed by atoms with Crippen molar-refractivity contribution in [1.82, 2.24) is 5.06 Å². The van der Waals surface area contributed by atoms with Crippen molar-refractivity contribution in [2.75, 3.05) is 66.2 Å². The lowest BCUT2D eigenvalue weighted by Crippen LogP contribution is -2.44. The lowest BCUT2D eigenvalue weighted by atomic mass is 10.0. The number of nitrogens with zero attached hydrogens (tertiary/aromatic N) is 4. The van der Waals surface area contributed by atoms with Crippen LogP contribution in [0.2, 0.25) is 0 Å². The number of fused-ring (bicyclic) bond motifs is 2. The Balaban J connectivity index is 1.62. The molecule has 2 amide bonds. The molecule has 0 atom stereocenters. The van der Waals surface area contributed by atoms with Gasteiger partial charge in [0.2, 0.25) is 24.5 Å². The second-order valence-electron chi connectivity index (χ2n) is 17.1. The SMILES string of the molecule is CCCC[N+](C)(C)COc1ccc2c(c1)c(C(=O)Oc1c(C)cc(C(=O)ON3C(=O)CCC3=O)cc1C)c1cc(OC[N+](C)(C)CCCS(=O)(=O)[O-])ccc1[n+]2CCCS(=O)(=O)[O-]. The van der Waals surface area contributed by atoms with E-state index in [-0.39, 0.29) is 60.3 Å². The van der Waals surface area contributed by atoms with E-state index in [1.807, 2.05) is 14.1 Å². The van der Waals surface area contributed by atoms with Crippen molar-refractivity contribution in [3.8, 4) is 17.2 Å². The van der Waals surface area contributed by atoms with Gasteiger partial charge in [-0.1, -0.05) is 13.3 Å². The Bertz CT molecular complexity index is 2610. The van der Waals surface area contributed by atoms with Crippen LogP contribution in [0.3, 0.4) is 0 Å². The minimum atomic E-state index is -4.56. The van der Waals surface area contributed by atoms with E-state index in [1.165, 1.54) is 12.1 Å². The number of carbonyl (C=O) groups excluding carboxylic acids is 4. The molecule has 1 aliphatic heterocycles. The van der Waals surface area contributed by atoms with Crippen molar-refractivity contribution in [1.29, 1.82) is 0 Å². The monoisotopic (exact) mass is 915 g/mol. The number of aryl methyl sites for hydroxylation is 3. The van der Waals surface area contributed by atoms with E-state index in [4.69, 9.17) is 19.0 Å². The van der Waals surface area contributed by atoms with E-state index in [1.54, 1.807) is 68.9 Å². The van der Waals surface area contributed by atoms with Gasteiger partial charge < -0.3 is 28.2 Å². The summed E-state index contributed by atoms with van der Waals surface area (Å²) in [6.07, 6.45) is 1.91. The Morgan fingerprint density at radius 3 is 1.67 bits per heavy atom. The minimum absolute atomic E-state index is 0.00821. The number of hydrogen-bond donors (Lipinski definition) is 0. The molecule has 3 aromatic carbocycles. The molecule has 342 valence electrons. The third-order valence-electron chi connectivity index (χ3n) is 10.5. The number of quaternary nitrogens is 2. The summed E-state index contributed by atoms with van der Waals surface area (Å²) in [6, 6.07) is 13.0. The molecule has 0 aliphatic carbocycles. The molecule has 1 aliphatic rings. The van der Waals surface area contributed by atoms with Crippen molar-refractivity contribution < 1.29 is 77.7 Å². The first kappa shape index (κ1) is 48.8. The van der Waals surface area contributed by atoms with Crippen LogP contribution >= 0.6 is 0 Å². The molecule has 0 unspecified atom stereocenters. The van der Waals surface area contributed by atoms with E-state index in [2.05, 4.69) is 6.92 Å². The van der Waals surface area contributed by atoms with Crippen LogP contribution in [0.4, 0.5) is 0 Å². The molecule has 63 heavy (non-hydrogen) atoms. The fraction of sp³-hybridized carbons (Fsp3) is 0.465. The maximum Gasteiger partial charge on any atom is 0.363 e. The number of esters is 1. The summed E-state index contributed by atoms with van der Waals surface area (Å²) >= 11 is 0. The van der Waals surface area contributed by atoms with Crippen LogP contribution in [0, 0.1) is 13.8 Å². The molecular weight excluding hydrogens is 861 g/mol. The van der Waals surface area contributed by atoms with E-state index < -0.39 is 55.5 Å². The van der Waals surface area contributed by atoms with Crippen molar-refractivity contribution in [3.05, 3.63) is 70.8 Å². The number of unbranched alkanes of at least 4 members (excludes halogenated alkanes) is 1. The van der Waals surface area contributed by atoms with Gasteiger partial charge in [0.15, 0.2) is 6.54 Å². The number of amides is 2. The first-order valence-corrected chi connectivity index (χ1v) is 23.6. The highest BCUT2D eigenvalue weighted by Crippen LogP contribution is 2.34. The second-order valence-corrected chi connectivity index (χ2v) is 20.2. The fourth-order valence-electron chi connectivity index (χ4n) is 7.27. The molecule has 0 radical (unpaired) electrons. The van der Waals surface area contributed by atoms with Gasteiger partial charge in [-0.2, -0.15) is 4.57 Å². The average Bonchev–Trinajstić information content (AvgIpc) is 3.50. The third kappa shape index (κ3) is 13.1. The summed E-state index contributed by atoms with van der Waals surface area (Å²) in [5.41, 5.74) is 1.79. The maximum atomic E-state index is 14.8. The molecular formula is C43H55N4O14S2+. The molecule has 4 aromatic rings. The van der Waals surface area contributed by atoms with Crippen molar-refractivity contribution in [2.24, 2.45) is 0 Å². The summed E-state index contributed by atoms with van der Waals surface area (Å²) in [4.78, 5) is 57.1. The van der Waals surface area contributed by atoms with E-state index in [9.17, 15) is 45.1 Å². The number of ether oxygens (including phenoxy) is 3.